The molecular formula is C11H20N2S2. The maximum atomic E-state index is 4.42. The highest BCUT2D eigenvalue weighted by molar-refractivity contribution is 8.01. The van der Waals surface area contributed by atoms with Crippen molar-refractivity contribution in [1.82, 2.24) is 10.3 Å². The predicted octanol–water partition coefficient (Wildman–Crippen LogP) is 3.18. The molecule has 4 heteroatoms. The van der Waals surface area contributed by atoms with Gasteiger partial charge in [-0.05, 0) is 19.8 Å². The van der Waals surface area contributed by atoms with Gasteiger partial charge in [-0.25, -0.2) is 4.98 Å². The average Bonchev–Trinajstić information content (AvgIpc) is 2.58. The smallest absolute Gasteiger partial charge is 0.150 e. The van der Waals surface area contributed by atoms with Crippen molar-refractivity contribution < 1.29 is 0 Å². The summed E-state index contributed by atoms with van der Waals surface area (Å²) in [7, 11) is 0. The van der Waals surface area contributed by atoms with Crippen LogP contribution in [0, 0.1) is 12.8 Å². The first-order chi connectivity index (χ1) is 7.09. The lowest BCUT2D eigenvalue weighted by Crippen LogP contribution is -2.32. The van der Waals surface area contributed by atoms with Gasteiger partial charge in [0, 0.05) is 29.4 Å². The molecule has 0 aromatic carbocycles. The van der Waals surface area contributed by atoms with E-state index in [0.717, 1.165) is 18.0 Å². The second kappa shape index (κ2) is 6.51. The van der Waals surface area contributed by atoms with Gasteiger partial charge in [0.15, 0.2) is 0 Å². The van der Waals surface area contributed by atoms with E-state index in [9.17, 15) is 0 Å². The van der Waals surface area contributed by atoms with Gasteiger partial charge in [-0.15, -0.1) is 11.3 Å². The Morgan fingerprint density at radius 1 is 1.47 bits per heavy atom. The molecule has 0 amide bonds. The van der Waals surface area contributed by atoms with Crippen molar-refractivity contribution >= 4 is 23.1 Å². The van der Waals surface area contributed by atoms with Gasteiger partial charge in [0.1, 0.15) is 4.34 Å². The molecule has 1 heterocycles. The van der Waals surface area contributed by atoms with Crippen LogP contribution in [0.4, 0.5) is 0 Å². The van der Waals surface area contributed by atoms with Crippen molar-refractivity contribution in [3.8, 4) is 0 Å². The Hall–Kier alpha value is -0.0600. The number of rotatable bonds is 6. The minimum absolute atomic E-state index is 0.601. The lowest BCUT2D eigenvalue weighted by molar-refractivity contribution is 0.438. The van der Waals surface area contributed by atoms with E-state index in [2.05, 4.69) is 36.5 Å². The minimum Gasteiger partial charge on any atom is -0.313 e. The maximum Gasteiger partial charge on any atom is 0.150 e. The normalized spacial score (nSPS) is 13.4. The molecule has 1 unspecified atom stereocenters. The Balaban J connectivity index is 2.12. The fourth-order valence-electron chi connectivity index (χ4n) is 1.06. The third kappa shape index (κ3) is 5.00. The molecule has 1 aromatic heterocycles. The number of aromatic nitrogens is 1. The highest BCUT2D eigenvalue weighted by atomic mass is 32.2. The maximum absolute atomic E-state index is 4.42. The number of thioether (sulfide) groups is 1. The van der Waals surface area contributed by atoms with E-state index in [1.807, 2.05) is 18.7 Å². The zero-order chi connectivity index (χ0) is 11.3. The molecule has 0 saturated carbocycles. The quantitative estimate of drug-likeness (QED) is 0.614. The van der Waals surface area contributed by atoms with Gasteiger partial charge in [-0.1, -0.05) is 25.6 Å². The Labute approximate surface area is 101 Å². The molecule has 0 aliphatic rings. The van der Waals surface area contributed by atoms with Gasteiger partial charge in [-0.3, -0.25) is 0 Å². The number of hydrogen-bond acceptors (Lipinski definition) is 4. The summed E-state index contributed by atoms with van der Waals surface area (Å²) in [6, 6.07) is 0.601. The highest BCUT2D eigenvalue weighted by Gasteiger charge is 2.05. The molecule has 0 bridgehead atoms. The topological polar surface area (TPSA) is 24.9 Å². The first-order valence-corrected chi connectivity index (χ1v) is 7.24. The van der Waals surface area contributed by atoms with E-state index < -0.39 is 0 Å². The standard InChI is InChI=1S/C11H20N2S2/c1-8(2)10(4)12-5-6-14-11-13-9(3)7-15-11/h7-8,10,12H,5-6H2,1-4H3. The number of nitrogens with zero attached hydrogens (tertiary/aromatic N) is 1. The van der Waals surface area contributed by atoms with Crippen LogP contribution in [0.1, 0.15) is 26.5 Å². The van der Waals surface area contributed by atoms with Crippen molar-refractivity contribution in [3.63, 3.8) is 0 Å². The molecule has 86 valence electrons. The van der Waals surface area contributed by atoms with Crippen LogP contribution in [0.2, 0.25) is 0 Å². The molecule has 1 atom stereocenters. The second-order valence-electron chi connectivity index (χ2n) is 4.09. The van der Waals surface area contributed by atoms with Crippen molar-refractivity contribution in [2.75, 3.05) is 12.3 Å². The summed E-state index contributed by atoms with van der Waals surface area (Å²) in [6.07, 6.45) is 0. The molecule has 1 rings (SSSR count). The van der Waals surface area contributed by atoms with E-state index in [1.165, 1.54) is 4.34 Å². The van der Waals surface area contributed by atoms with Crippen molar-refractivity contribution in [2.45, 2.75) is 38.1 Å². The van der Waals surface area contributed by atoms with Crippen molar-refractivity contribution in [3.05, 3.63) is 11.1 Å². The summed E-state index contributed by atoms with van der Waals surface area (Å²) < 4.78 is 1.19. The predicted molar refractivity (Wildman–Crippen MR) is 69.9 cm³/mol. The van der Waals surface area contributed by atoms with Gasteiger partial charge in [0.05, 0.1) is 0 Å². The average molecular weight is 244 g/mol. The SMILES string of the molecule is Cc1csc(SCCNC(C)C(C)C)n1. The molecule has 0 radical (unpaired) electrons. The van der Waals surface area contributed by atoms with E-state index in [0.29, 0.717) is 12.0 Å². The van der Waals surface area contributed by atoms with Crippen molar-refractivity contribution in [2.24, 2.45) is 5.92 Å². The molecule has 15 heavy (non-hydrogen) atoms. The Morgan fingerprint density at radius 2 is 2.20 bits per heavy atom. The monoisotopic (exact) mass is 244 g/mol. The molecule has 0 aliphatic heterocycles. The lowest BCUT2D eigenvalue weighted by atomic mass is 10.1. The zero-order valence-corrected chi connectivity index (χ0v) is 11.5. The first kappa shape index (κ1) is 13.0. The second-order valence-corrected chi connectivity index (χ2v) is 6.29. The highest BCUT2D eigenvalue weighted by Crippen LogP contribution is 2.21. The summed E-state index contributed by atoms with van der Waals surface area (Å²) in [5.74, 6) is 1.81. The number of hydrogen-bond donors (Lipinski definition) is 1. The molecule has 2 nitrogen and oxygen atoms in total. The fourth-order valence-corrected chi connectivity index (χ4v) is 2.85. The Morgan fingerprint density at radius 3 is 2.73 bits per heavy atom. The van der Waals surface area contributed by atoms with Gasteiger partial charge in [0.2, 0.25) is 0 Å². The number of thiazole rings is 1. The largest absolute Gasteiger partial charge is 0.313 e. The van der Waals surface area contributed by atoms with Crippen LogP contribution in [0.25, 0.3) is 0 Å². The van der Waals surface area contributed by atoms with Crippen LogP contribution >= 0.6 is 23.1 Å². The molecule has 1 N–H and O–H groups in total. The van der Waals surface area contributed by atoms with Gasteiger partial charge < -0.3 is 5.32 Å². The Bertz CT molecular complexity index is 284. The summed E-state index contributed by atoms with van der Waals surface area (Å²) in [6.45, 7) is 9.83. The van der Waals surface area contributed by atoms with E-state index in [4.69, 9.17) is 0 Å². The van der Waals surface area contributed by atoms with Crippen LogP contribution in [0.5, 0.6) is 0 Å². The van der Waals surface area contributed by atoms with Crippen LogP contribution in [-0.2, 0) is 0 Å². The van der Waals surface area contributed by atoms with E-state index >= 15 is 0 Å². The molecule has 0 spiro atoms. The van der Waals surface area contributed by atoms with E-state index in [-0.39, 0.29) is 0 Å². The van der Waals surface area contributed by atoms with Gasteiger partial charge in [-0.2, -0.15) is 0 Å². The fraction of sp³-hybridized carbons (Fsp3) is 0.727. The van der Waals surface area contributed by atoms with Gasteiger partial charge in [0.25, 0.3) is 0 Å². The third-order valence-corrected chi connectivity index (χ3v) is 4.53. The molecule has 1 aromatic rings. The summed E-state index contributed by atoms with van der Waals surface area (Å²) in [4.78, 5) is 4.42. The van der Waals surface area contributed by atoms with Crippen LogP contribution in [0.3, 0.4) is 0 Å². The molecule has 0 saturated heterocycles. The van der Waals surface area contributed by atoms with Crippen LogP contribution < -0.4 is 5.32 Å². The molecule has 0 fully saturated rings. The number of nitrogens with one attached hydrogen (secondary N) is 1. The third-order valence-electron chi connectivity index (χ3n) is 2.39. The lowest BCUT2D eigenvalue weighted by Gasteiger charge is -2.16. The van der Waals surface area contributed by atoms with Crippen molar-refractivity contribution in [1.29, 1.82) is 0 Å². The minimum atomic E-state index is 0.601. The number of aryl methyl sites for hydroxylation is 1. The van der Waals surface area contributed by atoms with Crippen LogP contribution in [0.15, 0.2) is 9.72 Å². The summed E-state index contributed by atoms with van der Waals surface area (Å²) in [5.41, 5.74) is 1.13. The summed E-state index contributed by atoms with van der Waals surface area (Å²) >= 11 is 3.58. The van der Waals surface area contributed by atoms with E-state index in [1.54, 1.807) is 11.3 Å². The van der Waals surface area contributed by atoms with Gasteiger partial charge >= 0.3 is 0 Å². The first-order valence-electron chi connectivity index (χ1n) is 5.38. The molecular weight excluding hydrogens is 224 g/mol. The Kier molecular flexibility index (Phi) is 5.64. The molecule has 0 aliphatic carbocycles. The van der Waals surface area contributed by atoms with Crippen LogP contribution in [-0.4, -0.2) is 23.3 Å². The zero-order valence-electron chi connectivity index (χ0n) is 9.91. The summed E-state index contributed by atoms with van der Waals surface area (Å²) in [5, 5.41) is 5.62.